The highest BCUT2D eigenvalue weighted by atomic mass is 16.5. The molecule has 4 N–H and O–H groups in total. The average Bonchev–Trinajstić information content (AvgIpc) is 3.87. The van der Waals surface area contributed by atoms with Gasteiger partial charge >= 0.3 is 12.2 Å². The zero-order valence-corrected chi connectivity index (χ0v) is 34.0. The molecule has 15 nitrogen and oxygen atoms in total. The summed E-state index contributed by atoms with van der Waals surface area (Å²) in [6, 6.07) is 17.9. The number of carbonyl (C=O) groups is 4. The smallest absolute Gasteiger partial charge is 0.407 e. The third kappa shape index (κ3) is 6.99. The molecule has 4 heterocycles. The van der Waals surface area contributed by atoms with Crippen molar-refractivity contribution in [1.29, 1.82) is 0 Å². The van der Waals surface area contributed by atoms with Crippen LogP contribution in [0.4, 0.5) is 9.59 Å². The quantitative estimate of drug-likeness (QED) is 0.107. The summed E-state index contributed by atoms with van der Waals surface area (Å²) in [5.41, 5.74) is 5.10. The number of nitrogens with one attached hydrogen (secondary N) is 3. The van der Waals surface area contributed by atoms with Gasteiger partial charge in [-0.2, -0.15) is 0 Å². The number of H-pyrrole nitrogens is 2. The van der Waals surface area contributed by atoms with Crippen molar-refractivity contribution in [3.63, 3.8) is 0 Å². The summed E-state index contributed by atoms with van der Waals surface area (Å²) < 4.78 is 11.2. The van der Waals surface area contributed by atoms with Gasteiger partial charge in [-0.1, -0.05) is 45.9 Å². The lowest BCUT2D eigenvalue weighted by Crippen LogP contribution is -2.52. The van der Waals surface area contributed by atoms with Crippen molar-refractivity contribution in [2.24, 2.45) is 23.7 Å². The molecule has 0 bridgehead atoms. The number of benzene rings is 3. The van der Waals surface area contributed by atoms with Crippen molar-refractivity contribution in [2.75, 3.05) is 14.2 Å². The molecule has 4 fully saturated rings. The average molecular weight is 803 g/mol. The number of likely N-dealkylation sites (tertiary alicyclic amines) is 2. The van der Waals surface area contributed by atoms with Crippen LogP contribution >= 0.6 is 0 Å². The first-order valence-electron chi connectivity index (χ1n) is 20.5. The van der Waals surface area contributed by atoms with Crippen LogP contribution in [0, 0.1) is 23.7 Å². The molecule has 2 aromatic heterocycles. The third-order valence-corrected chi connectivity index (χ3v) is 12.7. The van der Waals surface area contributed by atoms with Gasteiger partial charge in [0.25, 0.3) is 0 Å². The maximum Gasteiger partial charge on any atom is 0.407 e. The second-order valence-electron chi connectivity index (χ2n) is 17.3. The molecule has 5 aromatic rings. The Bertz CT molecular complexity index is 2480. The van der Waals surface area contributed by atoms with Crippen molar-refractivity contribution in [3.05, 3.63) is 72.3 Å². The maximum absolute atomic E-state index is 13.9. The molecule has 15 heteroatoms. The number of imidazole rings is 2. The molecule has 0 unspecified atom stereocenters. The highest BCUT2D eigenvalue weighted by Crippen LogP contribution is 2.55. The van der Waals surface area contributed by atoms with E-state index in [0.717, 1.165) is 64.1 Å². The van der Waals surface area contributed by atoms with E-state index in [2.05, 4.69) is 15.3 Å². The first-order valence-corrected chi connectivity index (χ1v) is 20.5. The number of methoxy groups -OCH3 is 1. The van der Waals surface area contributed by atoms with Crippen LogP contribution in [-0.4, -0.2) is 102 Å². The van der Waals surface area contributed by atoms with Gasteiger partial charge in [0.1, 0.15) is 35.2 Å². The number of aromatic amines is 2. The predicted octanol–water partition coefficient (Wildman–Crippen LogP) is 7.24. The molecule has 0 radical (unpaired) electrons. The normalized spacial score (nSPS) is 23.9. The molecule has 0 spiro atoms. The van der Waals surface area contributed by atoms with E-state index in [4.69, 9.17) is 19.4 Å². The fraction of sp³-hybridized carbons (Fsp3) is 0.455. The number of carbonyl (C=O) groups excluding carboxylic acids is 3. The van der Waals surface area contributed by atoms with Crippen molar-refractivity contribution < 1.29 is 33.8 Å². The number of carboxylic acid groups (broad SMARTS) is 1. The molecular weight excluding hydrogens is 753 g/mol. The van der Waals surface area contributed by atoms with Gasteiger partial charge in [0.05, 0.1) is 41.3 Å². The minimum absolute atomic E-state index is 0.103. The second-order valence-corrected chi connectivity index (χ2v) is 17.3. The largest absolute Gasteiger partial charge is 0.465 e. The molecule has 308 valence electrons. The van der Waals surface area contributed by atoms with E-state index in [0.29, 0.717) is 34.7 Å². The molecule has 2 aliphatic carbocycles. The standard InChI is InChI=1S/C44H50N8O7/c1-21(2)37(49-43(55)58-6)41(53)51-33-16-25(33)18-35(51)39-45-29-12-10-24(15-31(29)47-39)23-8-7-9-27(14-23)59-28-11-13-30-32(20-28)48-40(46-30)36-19-26-17-34(26)52(36)42(54)38(22(3)4)50(5)44(56)57/h7-15,20-22,25-26,33-38H,16-19H2,1-6H3,(H,45,47)(H,46,48)(H,49,55)(H,56,57)/t25-,26+,33+,34+,35-,36-,37+,38+/m0/s1. The van der Waals surface area contributed by atoms with Gasteiger partial charge in [0.15, 0.2) is 0 Å². The van der Waals surface area contributed by atoms with Gasteiger partial charge in [-0.25, -0.2) is 19.6 Å². The Balaban J connectivity index is 0.916. The Morgan fingerprint density at radius 2 is 1.34 bits per heavy atom. The highest BCUT2D eigenvalue weighted by molar-refractivity contribution is 5.88. The molecular formula is C44H50N8O7. The van der Waals surface area contributed by atoms with Gasteiger partial charge < -0.3 is 39.7 Å². The number of piperidine rings is 2. The summed E-state index contributed by atoms with van der Waals surface area (Å²) in [5, 5.41) is 12.4. The number of nitrogens with zero attached hydrogens (tertiary/aromatic N) is 5. The minimum Gasteiger partial charge on any atom is -0.465 e. The van der Waals surface area contributed by atoms with Gasteiger partial charge in [-0.15, -0.1) is 0 Å². The number of fused-ring (bicyclic) bond motifs is 4. The number of hydrogen-bond acceptors (Lipinski definition) is 8. The Hall–Kier alpha value is -6.12. The number of alkyl carbamates (subject to hydrolysis) is 1. The number of aromatic nitrogens is 4. The SMILES string of the molecule is COC(=O)N[C@@H](C(=O)N1[C@@H]2C[C@H]2C[C@H]1c1nc2cc(-c3cccc(Oc4ccc5[nH]c([C@@H]6C[C@H]7C[C@H]7N6C(=O)[C@@H](C(C)C)N(C)C(=O)O)nc5c4)c3)ccc2[nH]1)C(C)C. The predicted molar refractivity (Wildman–Crippen MR) is 218 cm³/mol. The number of amides is 4. The molecule has 3 aromatic carbocycles. The van der Waals surface area contributed by atoms with E-state index in [1.807, 2.05) is 98.2 Å². The fourth-order valence-corrected chi connectivity index (χ4v) is 9.53. The lowest BCUT2D eigenvalue weighted by Gasteiger charge is -2.35. The maximum atomic E-state index is 13.9. The zero-order valence-electron chi connectivity index (χ0n) is 34.0. The zero-order chi connectivity index (χ0) is 41.4. The van der Waals surface area contributed by atoms with E-state index in [1.165, 1.54) is 14.2 Å². The number of rotatable bonds is 11. The summed E-state index contributed by atoms with van der Waals surface area (Å²) in [7, 11) is 2.76. The second kappa shape index (κ2) is 14.6. The monoisotopic (exact) mass is 802 g/mol. The summed E-state index contributed by atoms with van der Waals surface area (Å²) >= 11 is 0. The Morgan fingerprint density at radius 3 is 1.93 bits per heavy atom. The van der Waals surface area contributed by atoms with Crippen molar-refractivity contribution in [3.8, 4) is 22.6 Å². The van der Waals surface area contributed by atoms with Crippen LogP contribution in [0.3, 0.4) is 0 Å². The van der Waals surface area contributed by atoms with Crippen molar-refractivity contribution in [2.45, 2.75) is 89.6 Å². The molecule has 8 atom stereocenters. The summed E-state index contributed by atoms with van der Waals surface area (Å²) in [5.74, 6) is 2.92. The molecule has 4 aliphatic rings. The Morgan fingerprint density at radius 1 is 0.763 bits per heavy atom. The fourth-order valence-electron chi connectivity index (χ4n) is 9.53. The van der Waals surface area contributed by atoms with Gasteiger partial charge in [-0.3, -0.25) is 14.5 Å². The lowest BCUT2D eigenvalue weighted by atomic mass is 10.0. The summed E-state index contributed by atoms with van der Waals surface area (Å²) in [6.45, 7) is 7.58. The molecule has 2 saturated carbocycles. The summed E-state index contributed by atoms with van der Waals surface area (Å²) in [4.78, 5) is 73.5. The number of likely N-dealkylation sites (N-methyl/N-ethyl adjacent to an activating group) is 1. The lowest BCUT2D eigenvalue weighted by molar-refractivity contribution is -0.140. The number of ether oxygens (including phenoxy) is 2. The molecule has 59 heavy (non-hydrogen) atoms. The third-order valence-electron chi connectivity index (χ3n) is 12.7. The summed E-state index contributed by atoms with van der Waals surface area (Å²) in [6.07, 6.45) is 1.75. The van der Waals surface area contributed by atoms with E-state index in [9.17, 15) is 24.3 Å². The van der Waals surface area contributed by atoms with Crippen LogP contribution in [0.1, 0.15) is 77.1 Å². The van der Waals surface area contributed by atoms with Crippen LogP contribution in [0.2, 0.25) is 0 Å². The van der Waals surface area contributed by atoms with Gasteiger partial charge in [0, 0.05) is 25.2 Å². The van der Waals surface area contributed by atoms with Crippen LogP contribution in [0.5, 0.6) is 11.5 Å². The molecule has 4 amide bonds. The van der Waals surface area contributed by atoms with Crippen molar-refractivity contribution >= 4 is 46.1 Å². The van der Waals surface area contributed by atoms with E-state index < -0.39 is 24.3 Å². The minimum atomic E-state index is -1.12. The number of hydrogen-bond donors (Lipinski definition) is 4. The van der Waals surface area contributed by atoms with E-state index >= 15 is 0 Å². The van der Waals surface area contributed by atoms with Crippen LogP contribution < -0.4 is 10.1 Å². The Kier molecular flexibility index (Phi) is 9.51. The Labute approximate surface area is 341 Å². The van der Waals surface area contributed by atoms with Gasteiger partial charge in [-0.05, 0) is 96.9 Å². The van der Waals surface area contributed by atoms with E-state index in [-0.39, 0.29) is 47.8 Å². The molecule has 2 aliphatic heterocycles. The highest BCUT2D eigenvalue weighted by Gasteiger charge is 2.57. The first kappa shape index (κ1) is 38.4. The molecule has 9 rings (SSSR count). The first-order chi connectivity index (χ1) is 28.3. The molecule has 2 saturated heterocycles. The van der Waals surface area contributed by atoms with Crippen LogP contribution in [-0.2, 0) is 14.3 Å². The topological polar surface area (TPSA) is 186 Å². The van der Waals surface area contributed by atoms with E-state index in [1.54, 1.807) is 0 Å². The van der Waals surface area contributed by atoms with Gasteiger partial charge in [0.2, 0.25) is 11.8 Å². The van der Waals surface area contributed by atoms with Crippen molar-refractivity contribution in [1.82, 2.24) is 40.0 Å². The van der Waals surface area contributed by atoms with Crippen LogP contribution in [0.15, 0.2) is 60.7 Å². The van der Waals surface area contributed by atoms with Crippen LogP contribution in [0.25, 0.3) is 33.2 Å².